The van der Waals surface area contributed by atoms with Gasteiger partial charge in [-0.3, -0.25) is 62.6 Å². The lowest BCUT2D eigenvalue weighted by Crippen LogP contribution is -2.66. The number of carbonyl (C=O) groups is 7. The molecule has 0 N–H and O–H groups in total. The summed E-state index contributed by atoms with van der Waals surface area (Å²) in [7, 11) is 0. The van der Waals surface area contributed by atoms with Crippen molar-refractivity contribution < 1.29 is 126 Å². The molecule has 0 spiro atoms. The first kappa shape index (κ1) is 92.9. The third kappa shape index (κ3) is 16.3. The van der Waals surface area contributed by atoms with Crippen molar-refractivity contribution in [3.8, 4) is 17.2 Å². The van der Waals surface area contributed by atoms with Crippen molar-refractivity contribution in [1.82, 2.24) is 33.6 Å². The second-order valence-corrected chi connectivity index (χ2v) is 36.3. The lowest BCUT2D eigenvalue weighted by atomic mass is 9.91. The van der Waals surface area contributed by atoms with Crippen LogP contribution in [0.3, 0.4) is 0 Å². The number of carbonyl (C=O) groups excluding carboxylic acids is 7. The fourth-order valence-corrected chi connectivity index (χ4v) is 22.1. The number of aromatic nitrogens is 3. The number of likely N-dealkylation sites (tertiary alicyclic amines) is 1. The highest BCUT2D eigenvalue weighted by atomic mass is 19.2. The number of amides is 4. The molecule has 9 atom stereocenters. The molecular weight excluding hydrogens is 1870 g/mol. The van der Waals surface area contributed by atoms with Gasteiger partial charge in [0.25, 0.3) is 17.7 Å². The molecule has 142 heavy (non-hydrogen) atoms. The molecule has 37 nitrogen and oxygen atoms in total. The van der Waals surface area contributed by atoms with Gasteiger partial charge in [0.15, 0.2) is 52.0 Å². The van der Waals surface area contributed by atoms with Gasteiger partial charge in [0, 0.05) is 159 Å². The molecule has 18 heterocycles. The van der Waals surface area contributed by atoms with Gasteiger partial charge < -0.3 is 101 Å². The highest BCUT2D eigenvalue weighted by Gasteiger charge is 2.55. The Kier molecular flexibility index (Phi) is 25.1. The SMILES string of the molecule is CC(=O)N1CC(OC(=O)Oc2c3n(ccc2=O)N([C@@H]2c4ccccc4N4CCOCC4c4c2ccc(F)c4F)[C@@H]2COCCN2C3=O)C1.O=C(Oc1c2n(ccc1=O)N(C1c3ccccc3N3CCOCC3c3c1ccc(F)c3F)C1COCCN1C2=O)OC1CCOCC1.O=C(Oc1c2n(ccc1=O)N([C@@H]1c3ccccc3N3CCOCC3c3c1ccc(F)c3F)[C@@H]1COCCN1C2=O)OC1CCOCC1. The number of benzene rings is 6. The molecule has 0 bridgehead atoms. The van der Waals surface area contributed by atoms with E-state index < -0.39 is 178 Å². The summed E-state index contributed by atoms with van der Waals surface area (Å²) in [5.41, 5.74) is 3.65. The maximum absolute atomic E-state index is 16.1. The molecule has 0 aliphatic carbocycles. The van der Waals surface area contributed by atoms with E-state index in [1.54, 1.807) is 26.9 Å². The fraction of sp³-hybridized carbons (Fsp3) is 0.414. The molecule has 43 heteroatoms. The minimum Gasteiger partial charge on any atom is -0.430 e. The lowest BCUT2D eigenvalue weighted by Gasteiger charge is -2.51. The van der Waals surface area contributed by atoms with Crippen molar-refractivity contribution in [2.45, 2.75) is 106 Å². The molecule has 15 aliphatic rings. The van der Waals surface area contributed by atoms with Crippen LogP contribution in [0.1, 0.15) is 150 Å². The molecule has 3 aromatic heterocycles. The molecule has 742 valence electrons. The fourth-order valence-electron chi connectivity index (χ4n) is 22.1. The first-order chi connectivity index (χ1) is 69.1. The summed E-state index contributed by atoms with van der Waals surface area (Å²) in [4.78, 5) is 145. The van der Waals surface area contributed by atoms with Gasteiger partial charge in [-0.05, 0) is 53.1 Å². The van der Waals surface area contributed by atoms with E-state index in [-0.39, 0.29) is 132 Å². The van der Waals surface area contributed by atoms with Crippen molar-refractivity contribution in [1.29, 1.82) is 0 Å². The van der Waals surface area contributed by atoms with E-state index in [1.807, 2.05) is 97.5 Å². The molecule has 5 unspecified atom stereocenters. The average molecular weight is 1960 g/mol. The van der Waals surface area contributed by atoms with Gasteiger partial charge in [0.05, 0.1) is 137 Å². The molecule has 0 radical (unpaired) electrons. The summed E-state index contributed by atoms with van der Waals surface area (Å²) >= 11 is 0. The Morgan fingerprint density at radius 2 is 0.599 bits per heavy atom. The molecule has 6 aromatic carbocycles. The second-order valence-electron chi connectivity index (χ2n) is 36.3. The van der Waals surface area contributed by atoms with Crippen LogP contribution in [0.4, 0.5) is 57.8 Å². The van der Waals surface area contributed by atoms with Crippen LogP contribution in [-0.4, -0.2) is 271 Å². The first-order valence-corrected chi connectivity index (χ1v) is 47.2. The number of nitrogens with zero attached hydrogens (tertiary/aromatic N) is 13. The Hall–Kier alpha value is -14.1. The quantitative estimate of drug-likeness (QED) is 0.0739. The van der Waals surface area contributed by atoms with E-state index >= 15 is 26.3 Å². The largest absolute Gasteiger partial charge is 0.514 e. The van der Waals surface area contributed by atoms with E-state index in [0.717, 1.165) is 52.0 Å². The molecule has 24 rings (SSSR count). The zero-order valence-electron chi connectivity index (χ0n) is 76.5. The van der Waals surface area contributed by atoms with Crippen LogP contribution in [0.25, 0.3) is 0 Å². The van der Waals surface area contributed by atoms with E-state index in [2.05, 4.69) is 0 Å². The normalized spacial score (nSPS) is 23.7. The van der Waals surface area contributed by atoms with Crippen molar-refractivity contribution in [3.05, 3.63) is 279 Å². The summed E-state index contributed by atoms with van der Waals surface area (Å²) in [5, 5.41) is 5.43. The van der Waals surface area contributed by atoms with Gasteiger partial charge in [-0.25, -0.2) is 40.7 Å². The Bertz CT molecular complexity index is 6480. The highest BCUT2D eigenvalue weighted by Crippen LogP contribution is 2.54. The molecular formula is C99H95F6N13O24. The lowest BCUT2D eigenvalue weighted by molar-refractivity contribution is -0.139. The highest BCUT2D eigenvalue weighted by molar-refractivity contribution is 5.99. The van der Waals surface area contributed by atoms with Gasteiger partial charge in [0.2, 0.25) is 39.4 Å². The van der Waals surface area contributed by atoms with Crippen molar-refractivity contribution in [2.75, 3.05) is 188 Å². The minimum atomic E-state index is -1.20. The van der Waals surface area contributed by atoms with E-state index in [9.17, 15) is 47.9 Å². The number of halogens is 6. The summed E-state index contributed by atoms with van der Waals surface area (Å²) < 4.78 is 176. The van der Waals surface area contributed by atoms with Crippen LogP contribution in [0.15, 0.2) is 160 Å². The molecule has 9 aromatic rings. The molecule has 4 amide bonds. The maximum Gasteiger partial charge on any atom is 0.514 e. The summed E-state index contributed by atoms with van der Waals surface area (Å²) in [5.74, 6) is -9.28. The van der Waals surface area contributed by atoms with Crippen LogP contribution in [0.2, 0.25) is 0 Å². The van der Waals surface area contributed by atoms with E-state index in [0.29, 0.717) is 108 Å². The Balaban J connectivity index is 0.000000122. The van der Waals surface area contributed by atoms with Crippen molar-refractivity contribution >= 4 is 59.2 Å². The standard InChI is InChI=1S/C33H31F2N5O8.2C33H32F2N4O8/c1-18(41)36-14-19(15-36)47-33(44)48-31-25(42)8-9-39-30(31)32(43)38-11-13-46-17-26(38)40(39)29-20-4-2-3-5-23(20)37-10-12-45-16-24(37)27-21(29)6-7-22(34)28(27)35;2*34-22-6-5-21-27(28(22)35)24-17-44-15-11-36(24)23-4-2-1-3-20(23)29(21)39-26-18-45-16-12-37(26)32(41)30-31(25(40)7-10-38(30)39)47-33(42)46-19-8-13-43-14-9-19/h2-9,19,24,26,29H,10-17H2,1H3;2*1-7,10,19,24,26,29H,8-9,11-18H2/t2*24?,26-,29-;/m11./s1. The third-order valence-electron chi connectivity index (χ3n) is 28.6. The van der Waals surface area contributed by atoms with Gasteiger partial charge in [-0.1, -0.05) is 72.8 Å². The minimum absolute atomic E-state index is 0.0673. The molecule has 0 saturated carbocycles. The van der Waals surface area contributed by atoms with E-state index in [1.165, 1.54) is 73.6 Å². The average Bonchev–Trinajstić information content (AvgIpc) is 1.68. The maximum atomic E-state index is 16.1. The summed E-state index contributed by atoms with van der Waals surface area (Å²) in [6, 6.07) is 29.8. The molecule has 9 fully saturated rings. The zero-order chi connectivity index (χ0) is 97.7. The number of ether oxygens (including phenoxy) is 14. The van der Waals surface area contributed by atoms with Crippen molar-refractivity contribution in [3.63, 3.8) is 0 Å². The topological polar surface area (TPSA) is 347 Å². The first-order valence-electron chi connectivity index (χ1n) is 47.2. The predicted octanol–water partition coefficient (Wildman–Crippen LogP) is 8.81. The van der Waals surface area contributed by atoms with Crippen molar-refractivity contribution in [2.24, 2.45) is 0 Å². The van der Waals surface area contributed by atoms with Gasteiger partial charge >= 0.3 is 18.5 Å². The Labute approximate surface area is 804 Å². The third-order valence-corrected chi connectivity index (χ3v) is 28.6. The van der Waals surface area contributed by atoms with Gasteiger partial charge in [0.1, 0.15) is 54.9 Å². The van der Waals surface area contributed by atoms with Gasteiger partial charge in [-0.15, -0.1) is 0 Å². The number of morpholine rings is 6. The number of anilines is 3. The molecule has 15 aliphatic heterocycles. The van der Waals surface area contributed by atoms with Gasteiger partial charge in [-0.2, -0.15) is 0 Å². The summed E-state index contributed by atoms with van der Waals surface area (Å²) in [6.07, 6.45) is -0.968. The van der Waals surface area contributed by atoms with Crippen LogP contribution in [0.5, 0.6) is 17.2 Å². The number of fused-ring (bicyclic) bond motifs is 21. The number of hydrogen-bond donors (Lipinski definition) is 0. The Morgan fingerprint density at radius 1 is 0.317 bits per heavy atom. The summed E-state index contributed by atoms with van der Waals surface area (Å²) in [6.45, 7) is 7.80. The number of rotatable bonds is 9. The smallest absolute Gasteiger partial charge is 0.430 e. The van der Waals surface area contributed by atoms with Crippen LogP contribution < -0.4 is 60.2 Å². The van der Waals surface area contributed by atoms with E-state index in [4.69, 9.17) is 66.3 Å². The second kappa shape index (κ2) is 38.4. The predicted molar refractivity (Wildman–Crippen MR) is 485 cm³/mol. The van der Waals surface area contributed by atoms with Crippen LogP contribution >= 0.6 is 0 Å². The number of hydrogen-bond acceptors (Lipinski definition) is 30. The number of pyridine rings is 3. The zero-order valence-corrected chi connectivity index (χ0v) is 76.5. The number of para-hydroxylation sites is 3. The monoisotopic (exact) mass is 1960 g/mol. The van der Waals surface area contributed by atoms with Crippen LogP contribution in [-0.2, 0) is 56.9 Å². The van der Waals surface area contributed by atoms with Crippen LogP contribution in [0, 0.1) is 34.9 Å². The molecule has 9 saturated heterocycles. The Morgan fingerprint density at radius 3 is 0.901 bits per heavy atom.